The van der Waals surface area contributed by atoms with Crippen molar-refractivity contribution in [3.8, 4) is 0 Å². The lowest BCUT2D eigenvalue weighted by Gasteiger charge is -2.09. The Morgan fingerprint density at radius 2 is 1.85 bits per heavy atom. The van der Waals surface area contributed by atoms with E-state index in [4.69, 9.17) is 0 Å². The van der Waals surface area contributed by atoms with Gasteiger partial charge in [-0.2, -0.15) is 5.10 Å². The number of rotatable bonds is 7. The van der Waals surface area contributed by atoms with Crippen LogP contribution in [0.25, 0.3) is 0 Å². The number of fused-ring (bicyclic) bond motifs is 1. The molecule has 9 nitrogen and oxygen atoms in total. The third-order valence-electron chi connectivity index (χ3n) is 4.98. The van der Waals surface area contributed by atoms with Crippen LogP contribution in [0.4, 0.5) is 15.8 Å². The highest BCUT2D eigenvalue weighted by Crippen LogP contribution is 2.27. The molecular weight excluding hydrogens is 463 g/mol. The Morgan fingerprint density at radius 3 is 2.59 bits per heavy atom. The predicted molar refractivity (Wildman–Crippen MR) is 123 cm³/mol. The molecule has 0 spiro atoms. The highest BCUT2D eigenvalue weighted by atomic mass is 32.2. The van der Waals surface area contributed by atoms with Gasteiger partial charge in [0.25, 0.3) is 5.91 Å². The minimum Gasteiger partial charge on any atom is -0.465 e. The molecule has 0 aromatic heterocycles. The molecule has 0 saturated carbocycles. The first-order chi connectivity index (χ1) is 16.3. The molecule has 34 heavy (non-hydrogen) atoms. The molecule has 3 N–H and O–H groups in total. The number of benzene rings is 3. The minimum absolute atomic E-state index is 0.0194. The number of amides is 1. The van der Waals surface area contributed by atoms with Gasteiger partial charge in [0.05, 0.1) is 28.9 Å². The molecule has 11 heteroatoms. The van der Waals surface area contributed by atoms with Gasteiger partial charge in [-0.25, -0.2) is 22.3 Å². The first kappa shape index (κ1) is 23.1. The zero-order valence-electron chi connectivity index (χ0n) is 17.8. The number of halogens is 1. The second-order valence-corrected chi connectivity index (χ2v) is 9.02. The lowest BCUT2D eigenvalue weighted by molar-refractivity contribution is -0.110. The summed E-state index contributed by atoms with van der Waals surface area (Å²) in [6.07, 6.45) is 0. The number of nitrogens with zero attached hydrogens (tertiary/aromatic N) is 1. The number of anilines is 2. The lowest BCUT2D eigenvalue weighted by atomic mass is 10.1. The summed E-state index contributed by atoms with van der Waals surface area (Å²) in [7, 11) is -2.66. The SMILES string of the molecule is COC(=O)c1cccc(N/N=C2\C(=O)Nc3ccc(S(=O)(=O)NCc4ccc(F)cc4)cc32)c1. The van der Waals surface area contributed by atoms with E-state index >= 15 is 0 Å². The van der Waals surface area contributed by atoms with Gasteiger partial charge in [-0.05, 0) is 54.1 Å². The largest absolute Gasteiger partial charge is 0.465 e. The van der Waals surface area contributed by atoms with Crippen molar-refractivity contribution in [3.63, 3.8) is 0 Å². The lowest BCUT2D eigenvalue weighted by Crippen LogP contribution is -2.23. The normalized spacial score (nSPS) is 13.9. The van der Waals surface area contributed by atoms with Crippen LogP contribution in [0.3, 0.4) is 0 Å². The van der Waals surface area contributed by atoms with E-state index in [-0.39, 0.29) is 17.2 Å². The van der Waals surface area contributed by atoms with Crippen molar-refractivity contribution < 1.29 is 27.1 Å². The molecule has 174 valence electrons. The van der Waals surface area contributed by atoms with Crippen LogP contribution in [0, 0.1) is 5.82 Å². The number of nitrogens with one attached hydrogen (secondary N) is 3. The van der Waals surface area contributed by atoms with Gasteiger partial charge in [0.1, 0.15) is 5.82 Å². The number of methoxy groups -OCH3 is 1. The molecule has 1 amide bonds. The van der Waals surface area contributed by atoms with Crippen molar-refractivity contribution in [3.05, 3.63) is 89.2 Å². The van der Waals surface area contributed by atoms with E-state index in [2.05, 4.69) is 25.3 Å². The van der Waals surface area contributed by atoms with Crippen LogP contribution in [0.1, 0.15) is 21.5 Å². The zero-order chi connectivity index (χ0) is 24.3. The Kier molecular flexibility index (Phi) is 6.39. The average molecular weight is 482 g/mol. The standard InChI is InChI=1S/C23H19FN4O5S/c1-33-23(30)15-3-2-4-17(11-15)27-28-21-19-12-18(9-10-20(19)26-22(21)29)34(31,32)25-13-14-5-7-16(24)8-6-14/h2-12,25,27H,13H2,1H3,(H,26,28,29). The van der Waals surface area contributed by atoms with Crippen molar-refractivity contribution in [1.29, 1.82) is 0 Å². The van der Waals surface area contributed by atoms with Crippen LogP contribution in [0.5, 0.6) is 0 Å². The van der Waals surface area contributed by atoms with Gasteiger partial charge in [0.2, 0.25) is 10.0 Å². The Morgan fingerprint density at radius 1 is 1.09 bits per heavy atom. The van der Waals surface area contributed by atoms with Crippen molar-refractivity contribution in [2.45, 2.75) is 11.4 Å². The fraction of sp³-hybridized carbons (Fsp3) is 0.0870. The Balaban J connectivity index is 1.56. The molecule has 0 fully saturated rings. The molecule has 0 radical (unpaired) electrons. The fourth-order valence-electron chi connectivity index (χ4n) is 3.23. The molecule has 0 bridgehead atoms. The minimum atomic E-state index is -3.93. The zero-order valence-corrected chi connectivity index (χ0v) is 18.6. The van der Waals surface area contributed by atoms with Crippen LogP contribution in [0.2, 0.25) is 0 Å². The van der Waals surface area contributed by atoms with Gasteiger partial charge in [-0.15, -0.1) is 0 Å². The highest BCUT2D eigenvalue weighted by molar-refractivity contribution is 7.89. The van der Waals surface area contributed by atoms with Gasteiger partial charge in [-0.1, -0.05) is 18.2 Å². The fourth-order valence-corrected chi connectivity index (χ4v) is 4.27. The van der Waals surface area contributed by atoms with Crippen LogP contribution < -0.4 is 15.5 Å². The van der Waals surface area contributed by atoms with Crippen LogP contribution in [-0.2, 0) is 26.1 Å². The summed E-state index contributed by atoms with van der Waals surface area (Å²) >= 11 is 0. The summed E-state index contributed by atoms with van der Waals surface area (Å²) < 4.78 is 45.8. The van der Waals surface area contributed by atoms with E-state index in [0.29, 0.717) is 28.1 Å². The maximum absolute atomic E-state index is 13.1. The van der Waals surface area contributed by atoms with Gasteiger partial charge in [-0.3, -0.25) is 10.2 Å². The van der Waals surface area contributed by atoms with Gasteiger partial charge < -0.3 is 10.1 Å². The molecule has 1 aliphatic heterocycles. The number of hydrazone groups is 1. The van der Waals surface area contributed by atoms with Crippen LogP contribution in [-0.4, -0.2) is 33.1 Å². The molecule has 0 aliphatic carbocycles. The number of carbonyl (C=O) groups excluding carboxylic acids is 2. The molecule has 0 atom stereocenters. The van der Waals surface area contributed by atoms with Crippen LogP contribution in [0.15, 0.2) is 76.7 Å². The molecule has 0 saturated heterocycles. The van der Waals surface area contributed by atoms with E-state index in [9.17, 15) is 22.4 Å². The summed E-state index contributed by atoms with van der Waals surface area (Å²) in [4.78, 5) is 24.1. The number of esters is 1. The van der Waals surface area contributed by atoms with E-state index in [1.54, 1.807) is 18.2 Å². The second-order valence-electron chi connectivity index (χ2n) is 7.26. The predicted octanol–water partition coefficient (Wildman–Crippen LogP) is 2.86. The molecule has 3 aromatic carbocycles. The first-order valence-electron chi connectivity index (χ1n) is 9.99. The van der Waals surface area contributed by atoms with Crippen molar-refractivity contribution >= 4 is 39.0 Å². The smallest absolute Gasteiger partial charge is 0.337 e. The van der Waals surface area contributed by atoms with Crippen molar-refractivity contribution in [2.24, 2.45) is 5.10 Å². The van der Waals surface area contributed by atoms with E-state index < -0.39 is 27.7 Å². The third-order valence-corrected chi connectivity index (χ3v) is 6.38. The van der Waals surface area contributed by atoms with Crippen LogP contribution >= 0.6 is 0 Å². The third kappa shape index (κ3) is 4.95. The second kappa shape index (κ2) is 9.41. The van der Waals surface area contributed by atoms with Gasteiger partial charge in [0.15, 0.2) is 5.71 Å². The monoisotopic (exact) mass is 482 g/mol. The van der Waals surface area contributed by atoms with Gasteiger partial charge in [0, 0.05) is 12.1 Å². The summed E-state index contributed by atoms with van der Waals surface area (Å²) in [6, 6.07) is 16.0. The summed E-state index contributed by atoms with van der Waals surface area (Å²) in [6.45, 7) is -0.0318. The molecule has 1 aliphatic rings. The first-order valence-corrected chi connectivity index (χ1v) is 11.5. The Bertz CT molecular complexity index is 1410. The number of sulfonamides is 1. The average Bonchev–Trinajstić information content (AvgIpc) is 3.16. The quantitative estimate of drug-likeness (QED) is 0.351. The topological polar surface area (TPSA) is 126 Å². The number of carbonyl (C=O) groups is 2. The maximum atomic E-state index is 13.1. The number of hydrogen-bond donors (Lipinski definition) is 3. The molecule has 3 aromatic rings. The molecular formula is C23H19FN4O5S. The molecule has 0 unspecified atom stereocenters. The van der Waals surface area contributed by atoms with E-state index in [1.807, 2.05) is 0 Å². The maximum Gasteiger partial charge on any atom is 0.337 e. The van der Waals surface area contributed by atoms with E-state index in [0.717, 1.165) is 0 Å². The summed E-state index contributed by atoms with van der Waals surface area (Å²) in [5.41, 5.74) is 4.71. The summed E-state index contributed by atoms with van der Waals surface area (Å²) in [5, 5.41) is 6.75. The van der Waals surface area contributed by atoms with Crippen molar-refractivity contribution in [1.82, 2.24) is 4.72 Å². The van der Waals surface area contributed by atoms with Crippen molar-refractivity contribution in [2.75, 3.05) is 17.9 Å². The number of hydrogen-bond acceptors (Lipinski definition) is 7. The molecule has 4 rings (SSSR count). The summed E-state index contributed by atoms with van der Waals surface area (Å²) in [5.74, 6) is -1.46. The Labute approximate surface area is 194 Å². The Hall–Kier alpha value is -4.09. The molecule has 1 heterocycles. The van der Waals surface area contributed by atoms with Gasteiger partial charge >= 0.3 is 5.97 Å². The highest BCUT2D eigenvalue weighted by Gasteiger charge is 2.28. The van der Waals surface area contributed by atoms with E-state index in [1.165, 1.54) is 55.6 Å². The number of ether oxygens (including phenoxy) is 1.